The van der Waals surface area contributed by atoms with Gasteiger partial charge in [0, 0.05) is 44.3 Å². The Morgan fingerprint density at radius 1 is 1.21 bits per heavy atom. The number of hydrogen-bond donors (Lipinski definition) is 1. The van der Waals surface area contributed by atoms with Crippen LogP contribution in [0.25, 0.3) is 11.1 Å². The number of fused-ring (bicyclic) bond motifs is 1. The summed E-state index contributed by atoms with van der Waals surface area (Å²) >= 11 is 0. The zero-order valence-corrected chi connectivity index (χ0v) is 16.4. The lowest BCUT2D eigenvalue weighted by Crippen LogP contribution is -2.72. The molecule has 1 amide bonds. The van der Waals surface area contributed by atoms with Crippen LogP contribution >= 0.6 is 0 Å². The highest BCUT2D eigenvalue weighted by Crippen LogP contribution is 2.57. The van der Waals surface area contributed by atoms with Gasteiger partial charge in [-0.05, 0) is 50.9 Å². The van der Waals surface area contributed by atoms with E-state index in [1.54, 1.807) is 0 Å². The Morgan fingerprint density at radius 2 is 2.07 bits per heavy atom. The molecule has 6 rings (SSSR count). The van der Waals surface area contributed by atoms with Gasteiger partial charge in [0.1, 0.15) is 5.52 Å². The lowest BCUT2D eigenvalue weighted by molar-refractivity contribution is -0.0859. The molecule has 1 aromatic heterocycles. The Morgan fingerprint density at radius 3 is 2.86 bits per heavy atom. The molecule has 0 bridgehead atoms. The molecule has 7 nitrogen and oxygen atoms in total. The van der Waals surface area contributed by atoms with Gasteiger partial charge in [-0.25, -0.2) is 0 Å². The van der Waals surface area contributed by atoms with E-state index in [1.165, 1.54) is 25.9 Å². The lowest BCUT2D eigenvalue weighted by atomic mass is 9.58. The number of aromatic nitrogens is 1. The number of carbonyl (C=O) groups excluding carboxylic acids is 1. The first-order chi connectivity index (χ1) is 13.6. The third-order valence-electron chi connectivity index (χ3n) is 7.65. The van der Waals surface area contributed by atoms with E-state index in [0.717, 1.165) is 32.6 Å². The van der Waals surface area contributed by atoms with Gasteiger partial charge >= 0.3 is 0 Å². The van der Waals surface area contributed by atoms with Gasteiger partial charge in [-0.2, -0.15) is 4.98 Å². The van der Waals surface area contributed by atoms with E-state index in [-0.39, 0.29) is 5.91 Å². The molecule has 3 aliphatic heterocycles. The second-order valence-corrected chi connectivity index (χ2v) is 8.96. The molecule has 4 fully saturated rings. The molecule has 1 spiro atoms. The third kappa shape index (κ3) is 2.29. The number of carbonyl (C=O) groups is 1. The summed E-state index contributed by atoms with van der Waals surface area (Å²) in [6.07, 6.45) is 3.62. The fraction of sp³-hybridized carbons (Fsp3) is 0.619. The molecular weight excluding hydrogens is 354 g/mol. The van der Waals surface area contributed by atoms with Gasteiger partial charge in [-0.1, -0.05) is 6.07 Å². The Kier molecular flexibility index (Phi) is 3.56. The molecule has 4 aliphatic rings. The summed E-state index contributed by atoms with van der Waals surface area (Å²) in [4.78, 5) is 24.8. The SMILES string of the molecule is CN1CCN(c2nc3c(C(=O)N[C@@H]4CC56CCN5CCC46)cccc3o2)CC1. The molecule has 1 N–H and O–H groups in total. The summed E-state index contributed by atoms with van der Waals surface area (Å²) in [5, 5.41) is 3.30. The zero-order chi connectivity index (χ0) is 18.9. The molecule has 3 saturated heterocycles. The fourth-order valence-corrected chi connectivity index (χ4v) is 5.85. The Labute approximate surface area is 164 Å². The average molecular weight is 381 g/mol. The van der Waals surface area contributed by atoms with Crippen LogP contribution in [0.3, 0.4) is 0 Å². The van der Waals surface area contributed by atoms with Crippen LogP contribution in [0.2, 0.25) is 0 Å². The minimum atomic E-state index is -0.0125. The van der Waals surface area contributed by atoms with Crippen molar-refractivity contribution in [2.45, 2.75) is 30.8 Å². The standard InChI is InChI=1S/C21H27N5O2/c1-24-9-11-25(12-10-24)20-23-18-14(3-2-4-17(18)28-20)19(27)22-16-13-21-6-8-26(21)7-5-15(16)21/h2-4,15-16H,5-13H2,1H3,(H,22,27)/t15?,16-,21?/m1/s1. The van der Waals surface area contributed by atoms with Crippen LogP contribution in [0.4, 0.5) is 6.01 Å². The Balaban J connectivity index is 1.22. The predicted octanol–water partition coefficient (Wildman–Crippen LogP) is 1.55. The predicted molar refractivity (Wildman–Crippen MR) is 107 cm³/mol. The van der Waals surface area contributed by atoms with Gasteiger partial charge in [-0.15, -0.1) is 0 Å². The molecule has 3 atom stereocenters. The summed E-state index contributed by atoms with van der Waals surface area (Å²) in [6, 6.07) is 6.60. The molecule has 4 heterocycles. The fourth-order valence-electron chi connectivity index (χ4n) is 5.85. The summed E-state index contributed by atoms with van der Waals surface area (Å²) in [5.41, 5.74) is 2.43. The minimum absolute atomic E-state index is 0.0125. The van der Waals surface area contributed by atoms with Crippen LogP contribution < -0.4 is 10.2 Å². The molecular formula is C21H27N5O2. The highest BCUT2D eigenvalue weighted by molar-refractivity contribution is 6.05. The molecule has 7 heteroatoms. The summed E-state index contributed by atoms with van der Waals surface area (Å²) in [7, 11) is 2.13. The van der Waals surface area contributed by atoms with Crippen molar-refractivity contribution in [3.8, 4) is 0 Å². The van der Waals surface area contributed by atoms with E-state index in [9.17, 15) is 4.79 Å². The van der Waals surface area contributed by atoms with Gasteiger partial charge in [0.25, 0.3) is 11.9 Å². The van der Waals surface area contributed by atoms with Gasteiger partial charge in [0.15, 0.2) is 5.58 Å². The Bertz CT molecular complexity index is 934. The summed E-state index contributed by atoms with van der Waals surface area (Å²) < 4.78 is 6.00. The third-order valence-corrected chi connectivity index (χ3v) is 7.65. The first-order valence-electron chi connectivity index (χ1n) is 10.5. The second-order valence-electron chi connectivity index (χ2n) is 8.96. The molecule has 1 aliphatic carbocycles. The van der Waals surface area contributed by atoms with Crippen molar-refractivity contribution < 1.29 is 9.21 Å². The molecule has 1 saturated carbocycles. The first-order valence-corrected chi connectivity index (χ1v) is 10.5. The highest BCUT2D eigenvalue weighted by Gasteiger charge is 2.64. The van der Waals surface area contributed by atoms with Crippen LogP contribution in [0.15, 0.2) is 22.6 Å². The van der Waals surface area contributed by atoms with Crippen molar-refractivity contribution in [2.75, 3.05) is 51.2 Å². The Hall–Kier alpha value is -2.12. The maximum absolute atomic E-state index is 13.1. The maximum atomic E-state index is 13.1. The van der Waals surface area contributed by atoms with Gasteiger partial charge in [0.05, 0.1) is 5.56 Å². The van der Waals surface area contributed by atoms with Gasteiger partial charge in [-0.3, -0.25) is 9.69 Å². The topological polar surface area (TPSA) is 64.8 Å². The number of hydrogen-bond acceptors (Lipinski definition) is 6. The molecule has 28 heavy (non-hydrogen) atoms. The van der Waals surface area contributed by atoms with E-state index in [1.807, 2.05) is 18.2 Å². The number of anilines is 1. The van der Waals surface area contributed by atoms with Crippen LogP contribution in [-0.2, 0) is 0 Å². The number of rotatable bonds is 3. The number of oxazole rings is 1. The number of likely N-dealkylation sites (N-methyl/N-ethyl adjacent to an activating group) is 1. The maximum Gasteiger partial charge on any atom is 0.298 e. The quantitative estimate of drug-likeness (QED) is 0.870. The summed E-state index contributed by atoms with van der Waals surface area (Å²) in [5.74, 6) is 0.615. The van der Waals surface area contributed by atoms with Crippen LogP contribution in [0.5, 0.6) is 0 Å². The van der Waals surface area contributed by atoms with E-state index >= 15 is 0 Å². The first kappa shape index (κ1) is 16.8. The van der Waals surface area contributed by atoms with E-state index in [0.29, 0.717) is 40.2 Å². The van der Waals surface area contributed by atoms with Crippen molar-refractivity contribution in [3.63, 3.8) is 0 Å². The average Bonchev–Trinajstić information content (AvgIpc) is 3.18. The normalized spacial score (nSPS) is 32.5. The second kappa shape index (κ2) is 5.94. The van der Waals surface area contributed by atoms with Gasteiger partial charge < -0.3 is 19.5 Å². The molecule has 148 valence electrons. The van der Waals surface area contributed by atoms with Crippen molar-refractivity contribution in [2.24, 2.45) is 5.92 Å². The molecule has 2 aromatic rings. The number of piperazine rings is 1. The number of nitrogens with zero attached hydrogens (tertiary/aromatic N) is 4. The van der Waals surface area contributed by atoms with Crippen LogP contribution in [0, 0.1) is 5.92 Å². The van der Waals surface area contributed by atoms with Gasteiger partial charge in [0.2, 0.25) is 0 Å². The van der Waals surface area contributed by atoms with E-state index in [2.05, 4.69) is 27.1 Å². The van der Waals surface area contributed by atoms with E-state index in [4.69, 9.17) is 9.40 Å². The van der Waals surface area contributed by atoms with Crippen LogP contribution in [-0.4, -0.2) is 78.6 Å². The lowest BCUT2D eigenvalue weighted by Gasteiger charge is -2.61. The smallest absolute Gasteiger partial charge is 0.298 e. The number of nitrogens with one attached hydrogen (secondary N) is 1. The van der Waals surface area contributed by atoms with E-state index < -0.39 is 0 Å². The number of benzene rings is 1. The van der Waals surface area contributed by atoms with Crippen molar-refractivity contribution in [3.05, 3.63) is 23.8 Å². The molecule has 2 unspecified atom stereocenters. The van der Waals surface area contributed by atoms with Crippen molar-refractivity contribution in [1.82, 2.24) is 20.1 Å². The molecule has 0 radical (unpaired) electrons. The zero-order valence-electron chi connectivity index (χ0n) is 16.4. The monoisotopic (exact) mass is 381 g/mol. The number of para-hydroxylation sites is 1. The summed E-state index contributed by atoms with van der Waals surface area (Å²) in [6.45, 7) is 6.22. The largest absolute Gasteiger partial charge is 0.423 e. The van der Waals surface area contributed by atoms with Crippen molar-refractivity contribution >= 4 is 23.0 Å². The molecule has 1 aromatic carbocycles. The van der Waals surface area contributed by atoms with Crippen molar-refractivity contribution in [1.29, 1.82) is 0 Å². The van der Waals surface area contributed by atoms with Crippen LogP contribution in [0.1, 0.15) is 29.6 Å². The minimum Gasteiger partial charge on any atom is -0.423 e. The highest BCUT2D eigenvalue weighted by atomic mass is 16.4. The number of amides is 1.